The SMILES string of the molecule is O=C(CCC1CCCCC1=O)c1ccc(CO)cc1. The van der Waals surface area contributed by atoms with Crippen LogP contribution in [0.2, 0.25) is 0 Å². The lowest BCUT2D eigenvalue weighted by atomic mass is 9.84. The van der Waals surface area contributed by atoms with Gasteiger partial charge in [-0.25, -0.2) is 0 Å². The Labute approximate surface area is 113 Å². The molecule has 1 aliphatic carbocycles. The molecule has 1 aromatic carbocycles. The average Bonchev–Trinajstić information content (AvgIpc) is 2.46. The molecule has 2 rings (SSSR count). The van der Waals surface area contributed by atoms with Gasteiger partial charge in [-0.2, -0.15) is 0 Å². The lowest BCUT2D eigenvalue weighted by molar-refractivity contribution is -0.124. The molecule has 102 valence electrons. The van der Waals surface area contributed by atoms with Gasteiger partial charge in [-0.15, -0.1) is 0 Å². The minimum Gasteiger partial charge on any atom is -0.392 e. The Balaban J connectivity index is 1.87. The van der Waals surface area contributed by atoms with E-state index in [-0.39, 0.29) is 18.3 Å². The third kappa shape index (κ3) is 3.74. The summed E-state index contributed by atoms with van der Waals surface area (Å²) in [5.74, 6) is 0.506. The summed E-state index contributed by atoms with van der Waals surface area (Å²) < 4.78 is 0. The third-order valence-electron chi connectivity index (χ3n) is 3.86. The van der Waals surface area contributed by atoms with Crippen molar-refractivity contribution in [3.63, 3.8) is 0 Å². The Morgan fingerprint density at radius 1 is 1.21 bits per heavy atom. The van der Waals surface area contributed by atoms with Gasteiger partial charge < -0.3 is 5.11 Å². The fourth-order valence-electron chi connectivity index (χ4n) is 2.61. The molecular formula is C16H20O3. The normalized spacial score (nSPS) is 19.4. The molecule has 3 nitrogen and oxygen atoms in total. The summed E-state index contributed by atoms with van der Waals surface area (Å²) in [5.41, 5.74) is 1.47. The van der Waals surface area contributed by atoms with E-state index in [2.05, 4.69) is 0 Å². The highest BCUT2D eigenvalue weighted by atomic mass is 16.3. The van der Waals surface area contributed by atoms with Crippen LogP contribution < -0.4 is 0 Å². The van der Waals surface area contributed by atoms with Crippen LogP contribution in [0.4, 0.5) is 0 Å². The van der Waals surface area contributed by atoms with E-state index in [1.165, 1.54) is 0 Å². The molecule has 0 aliphatic heterocycles. The number of hydrogen-bond acceptors (Lipinski definition) is 3. The van der Waals surface area contributed by atoms with Crippen molar-refractivity contribution < 1.29 is 14.7 Å². The summed E-state index contributed by atoms with van der Waals surface area (Å²) in [7, 11) is 0. The molecule has 0 aromatic heterocycles. The van der Waals surface area contributed by atoms with Crippen LogP contribution in [0.1, 0.15) is 54.4 Å². The summed E-state index contributed by atoms with van der Waals surface area (Å²) in [6, 6.07) is 7.02. The van der Waals surface area contributed by atoms with Crippen molar-refractivity contribution >= 4 is 11.6 Å². The lowest BCUT2D eigenvalue weighted by Gasteiger charge is -2.19. The largest absolute Gasteiger partial charge is 0.392 e. The highest BCUT2D eigenvalue weighted by Crippen LogP contribution is 2.25. The molecule has 0 bridgehead atoms. The van der Waals surface area contributed by atoms with Crippen LogP contribution in [0.5, 0.6) is 0 Å². The second kappa shape index (κ2) is 6.62. The Kier molecular flexibility index (Phi) is 4.86. The predicted molar refractivity (Wildman–Crippen MR) is 72.9 cm³/mol. The quantitative estimate of drug-likeness (QED) is 0.828. The Hall–Kier alpha value is -1.48. The molecule has 0 amide bonds. The maximum atomic E-state index is 12.0. The van der Waals surface area contributed by atoms with E-state index < -0.39 is 0 Å². The highest BCUT2D eigenvalue weighted by Gasteiger charge is 2.22. The minimum absolute atomic E-state index is 0.00888. The van der Waals surface area contributed by atoms with Gasteiger partial charge >= 0.3 is 0 Å². The Morgan fingerprint density at radius 3 is 2.58 bits per heavy atom. The number of benzene rings is 1. The van der Waals surface area contributed by atoms with Crippen molar-refractivity contribution in [3.8, 4) is 0 Å². The smallest absolute Gasteiger partial charge is 0.162 e. The van der Waals surface area contributed by atoms with E-state index in [4.69, 9.17) is 5.11 Å². The Morgan fingerprint density at radius 2 is 1.95 bits per heavy atom. The van der Waals surface area contributed by atoms with Crippen molar-refractivity contribution in [1.29, 1.82) is 0 Å². The van der Waals surface area contributed by atoms with Gasteiger partial charge in [0.1, 0.15) is 5.78 Å². The van der Waals surface area contributed by atoms with Crippen LogP contribution in [0, 0.1) is 5.92 Å². The van der Waals surface area contributed by atoms with Crippen molar-refractivity contribution in [3.05, 3.63) is 35.4 Å². The highest BCUT2D eigenvalue weighted by molar-refractivity contribution is 5.96. The zero-order chi connectivity index (χ0) is 13.7. The van der Waals surface area contributed by atoms with E-state index in [9.17, 15) is 9.59 Å². The number of aliphatic hydroxyl groups is 1. The van der Waals surface area contributed by atoms with Crippen molar-refractivity contribution in [2.45, 2.75) is 45.1 Å². The van der Waals surface area contributed by atoms with Crippen LogP contribution in [-0.2, 0) is 11.4 Å². The summed E-state index contributed by atoms with van der Waals surface area (Å²) in [5, 5.41) is 8.95. The Bertz CT molecular complexity index is 448. The zero-order valence-electron chi connectivity index (χ0n) is 11.1. The fourth-order valence-corrected chi connectivity index (χ4v) is 2.61. The third-order valence-corrected chi connectivity index (χ3v) is 3.86. The monoisotopic (exact) mass is 260 g/mol. The van der Waals surface area contributed by atoms with Gasteiger partial charge in [0, 0.05) is 24.3 Å². The van der Waals surface area contributed by atoms with Crippen LogP contribution >= 0.6 is 0 Å². The topological polar surface area (TPSA) is 54.4 Å². The van der Waals surface area contributed by atoms with E-state index >= 15 is 0 Å². The maximum Gasteiger partial charge on any atom is 0.162 e. The lowest BCUT2D eigenvalue weighted by Crippen LogP contribution is -2.19. The molecule has 1 N–H and O–H groups in total. The molecule has 0 radical (unpaired) electrons. The van der Waals surface area contributed by atoms with Crippen molar-refractivity contribution in [2.75, 3.05) is 0 Å². The maximum absolute atomic E-state index is 12.0. The molecule has 19 heavy (non-hydrogen) atoms. The van der Waals surface area contributed by atoms with E-state index in [0.717, 1.165) is 24.8 Å². The predicted octanol–water partition coefficient (Wildman–Crippen LogP) is 2.90. The van der Waals surface area contributed by atoms with Crippen LogP contribution in [0.25, 0.3) is 0 Å². The first-order chi connectivity index (χ1) is 9.20. The van der Waals surface area contributed by atoms with Crippen LogP contribution in [0.3, 0.4) is 0 Å². The van der Waals surface area contributed by atoms with Gasteiger partial charge in [-0.05, 0) is 24.8 Å². The number of rotatable bonds is 5. The second-order valence-corrected chi connectivity index (χ2v) is 5.23. The fraction of sp³-hybridized carbons (Fsp3) is 0.500. The molecule has 1 saturated carbocycles. The van der Waals surface area contributed by atoms with Crippen molar-refractivity contribution in [2.24, 2.45) is 5.92 Å². The molecule has 1 aliphatic rings. The molecular weight excluding hydrogens is 240 g/mol. The number of carbonyl (C=O) groups is 2. The van der Waals surface area contributed by atoms with Gasteiger partial charge in [0.25, 0.3) is 0 Å². The summed E-state index contributed by atoms with van der Waals surface area (Å²) in [4.78, 5) is 23.7. The minimum atomic E-state index is -0.00888. The number of ketones is 2. The first-order valence-electron chi connectivity index (χ1n) is 6.96. The molecule has 3 heteroatoms. The first kappa shape index (κ1) is 13.9. The average molecular weight is 260 g/mol. The second-order valence-electron chi connectivity index (χ2n) is 5.23. The van der Waals surface area contributed by atoms with Crippen molar-refractivity contribution in [1.82, 2.24) is 0 Å². The molecule has 1 unspecified atom stereocenters. The zero-order valence-corrected chi connectivity index (χ0v) is 11.1. The molecule has 0 saturated heterocycles. The van der Waals surface area contributed by atoms with Gasteiger partial charge in [-0.1, -0.05) is 30.7 Å². The molecule has 1 aromatic rings. The number of carbonyl (C=O) groups excluding carboxylic acids is 2. The molecule has 1 fully saturated rings. The standard InChI is InChI=1S/C16H20O3/c17-11-12-5-7-14(8-6-12)16(19)10-9-13-3-1-2-4-15(13)18/h5-8,13,17H,1-4,9-11H2. The van der Waals surface area contributed by atoms with Gasteiger partial charge in [-0.3, -0.25) is 9.59 Å². The van der Waals surface area contributed by atoms with E-state index in [1.807, 2.05) is 0 Å². The number of hydrogen-bond donors (Lipinski definition) is 1. The van der Waals surface area contributed by atoms with E-state index in [1.54, 1.807) is 24.3 Å². The summed E-state index contributed by atoms with van der Waals surface area (Å²) in [6.07, 6.45) is 4.86. The number of aliphatic hydroxyl groups excluding tert-OH is 1. The van der Waals surface area contributed by atoms with Crippen LogP contribution in [-0.4, -0.2) is 16.7 Å². The van der Waals surface area contributed by atoms with Crippen LogP contribution in [0.15, 0.2) is 24.3 Å². The summed E-state index contributed by atoms with van der Waals surface area (Å²) in [6.45, 7) is -0.00888. The molecule has 0 heterocycles. The first-order valence-corrected chi connectivity index (χ1v) is 6.96. The number of Topliss-reactive ketones (excluding diaryl/α,β-unsaturated/α-hetero) is 2. The van der Waals surface area contributed by atoms with Gasteiger partial charge in [0.05, 0.1) is 6.61 Å². The van der Waals surface area contributed by atoms with E-state index in [0.29, 0.717) is 30.6 Å². The van der Waals surface area contributed by atoms with Gasteiger partial charge in [0.15, 0.2) is 5.78 Å². The van der Waals surface area contributed by atoms with Gasteiger partial charge in [0.2, 0.25) is 0 Å². The molecule has 0 spiro atoms. The molecule has 1 atom stereocenters. The summed E-state index contributed by atoms with van der Waals surface area (Å²) >= 11 is 0.